The molecule has 0 atom stereocenters. The van der Waals surface area contributed by atoms with E-state index in [0.29, 0.717) is 20.1 Å². The van der Waals surface area contributed by atoms with Crippen molar-refractivity contribution in [3.63, 3.8) is 0 Å². The second-order valence-electron chi connectivity index (χ2n) is 6.36. The molecule has 0 saturated carbocycles. The van der Waals surface area contributed by atoms with Crippen LogP contribution in [0.3, 0.4) is 0 Å². The minimum Gasteiger partial charge on any atom is -0.298 e. The van der Waals surface area contributed by atoms with E-state index in [9.17, 15) is 9.59 Å². The lowest BCUT2D eigenvalue weighted by Gasteiger charge is -2.19. The number of anilines is 2. The molecular weight excluding hydrogens is 476 g/mol. The minimum atomic E-state index is -0.206. The monoisotopic (exact) mass is 494 g/mol. The van der Waals surface area contributed by atoms with E-state index < -0.39 is 0 Å². The highest BCUT2D eigenvalue weighted by Gasteiger charge is 2.19. The lowest BCUT2D eigenvalue weighted by molar-refractivity contribution is -0.116. The number of nitrogens with zero attached hydrogens (tertiary/aromatic N) is 6. The van der Waals surface area contributed by atoms with Crippen molar-refractivity contribution in [2.45, 2.75) is 8.68 Å². The first-order valence-corrected chi connectivity index (χ1v) is 12.4. The molecule has 0 radical (unpaired) electrons. The minimum absolute atomic E-state index is 0.0383. The van der Waals surface area contributed by atoms with Gasteiger partial charge in [0.2, 0.25) is 11.8 Å². The Morgan fingerprint density at radius 3 is 1.52 bits per heavy atom. The van der Waals surface area contributed by atoms with Crippen LogP contribution in [0.1, 0.15) is 0 Å². The number of para-hydroxylation sites is 2. The molecule has 0 saturated heterocycles. The van der Waals surface area contributed by atoms with Crippen LogP contribution in [0, 0.1) is 22.7 Å². The van der Waals surface area contributed by atoms with Gasteiger partial charge in [-0.3, -0.25) is 19.4 Å². The number of hydrogen-bond donors (Lipinski definition) is 0. The van der Waals surface area contributed by atoms with E-state index in [0.717, 1.165) is 0 Å². The van der Waals surface area contributed by atoms with Gasteiger partial charge in [0.1, 0.15) is 13.1 Å². The van der Waals surface area contributed by atoms with Crippen molar-refractivity contribution in [3.05, 3.63) is 60.7 Å². The summed E-state index contributed by atoms with van der Waals surface area (Å²) in [5.41, 5.74) is 1.33. The van der Waals surface area contributed by atoms with E-state index in [2.05, 4.69) is 10.2 Å². The SMILES string of the molecule is N#CCN(C(=O)CSc1nnc(SCC(=O)N(CC#N)c2ccccc2)s1)c1ccccc1. The maximum absolute atomic E-state index is 12.6. The second kappa shape index (κ2) is 12.6. The summed E-state index contributed by atoms with van der Waals surface area (Å²) in [6.45, 7) is -0.0767. The number of aromatic nitrogens is 2. The lowest BCUT2D eigenvalue weighted by Crippen LogP contribution is -2.32. The third kappa shape index (κ3) is 7.05. The lowest BCUT2D eigenvalue weighted by atomic mass is 10.3. The average Bonchev–Trinajstić information content (AvgIpc) is 3.32. The number of benzene rings is 2. The predicted molar refractivity (Wildman–Crippen MR) is 130 cm³/mol. The molecule has 2 aromatic carbocycles. The molecule has 33 heavy (non-hydrogen) atoms. The quantitative estimate of drug-likeness (QED) is 0.309. The van der Waals surface area contributed by atoms with Crippen molar-refractivity contribution in [3.8, 4) is 12.1 Å². The molecule has 0 aliphatic carbocycles. The summed E-state index contributed by atoms with van der Waals surface area (Å²) >= 11 is 3.76. The van der Waals surface area contributed by atoms with Crippen molar-refractivity contribution in [1.82, 2.24) is 10.2 Å². The Hall–Kier alpha value is -3.38. The standard InChI is InChI=1S/C22H18N6O2S3/c23-11-13-27(17-7-3-1-4-8-17)19(29)15-31-21-25-26-22(33-21)32-16-20(30)28(14-12-24)18-9-5-2-6-10-18/h1-10H,13-16H2. The van der Waals surface area contributed by atoms with Crippen LogP contribution in [0.5, 0.6) is 0 Å². The first kappa shape index (κ1) is 24.3. The summed E-state index contributed by atoms with van der Waals surface area (Å²) in [7, 11) is 0. The number of rotatable bonds is 10. The van der Waals surface area contributed by atoms with E-state index in [-0.39, 0.29) is 36.4 Å². The van der Waals surface area contributed by atoms with E-state index in [1.165, 1.54) is 44.7 Å². The van der Waals surface area contributed by atoms with E-state index in [1.54, 1.807) is 24.3 Å². The van der Waals surface area contributed by atoms with Crippen LogP contribution in [-0.2, 0) is 9.59 Å². The fourth-order valence-corrected chi connectivity index (χ4v) is 5.49. The van der Waals surface area contributed by atoms with Crippen molar-refractivity contribution in [2.75, 3.05) is 34.4 Å². The highest BCUT2D eigenvalue weighted by Crippen LogP contribution is 2.30. The van der Waals surface area contributed by atoms with Crippen LogP contribution < -0.4 is 9.80 Å². The van der Waals surface area contributed by atoms with E-state index >= 15 is 0 Å². The van der Waals surface area contributed by atoms with Crippen LogP contribution in [0.2, 0.25) is 0 Å². The summed E-state index contributed by atoms with van der Waals surface area (Å²) in [5, 5.41) is 26.3. The normalized spacial score (nSPS) is 10.1. The first-order chi connectivity index (χ1) is 16.1. The molecule has 11 heteroatoms. The molecule has 3 rings (SSSR count). The molecule has 1 heterocycles. The Kier molecular flexibility index (Phi) is 9.27. The number of nitriles is 2. The molecule has 3 aromatic rings. The average molecular weight is 495 g/mol. The van der Waals surface area contributed by atoms with Gasteiger partial charge in [-0.2, -0.15) is 10.5 Å². The number of amides is 2. The zero-order chi connectivity index (χ0) is 23.5. The largest absolute Gasteiger partial charge is 0.298 e. The van der Waals surface area contributed by atoms with Crippen LogP contribution in [-0.4, -0.2) is 46.6 Å². The molecular formula is C22H18N6O2S3. The predicted octanol–water partition coefficient (Wildman–Crippen LogP) is 3.84. The highest BCUT2D eigenvalue weighted by molar-refractivity contribution is 8.03. The van der Waals surface area contributed by atoms with Crippen LogP contribution in [0.25, 0.3) is 0 Å². The summed E-state index contributed by atoms with van der Waals surface area (Å²) in [5.74, 6) is -0.193. The molecule has 8 nitrogen and oxygen atoms in total. The van der Waals surface area contributed by atoms with Gasteiger partial charge in [0.25, 0.3) is 0 Å². The Labute approximate surface area is 203 Å². The number of hydrogen-bond acceptors (Lipinski definition) is 9. The Morgan fingerprint density at radius 1 is 0.758 bits per heavy atom. The van der Waals surface area contributed by atoms with Gasteiger partial charge in [-0.1, -0.05) is 71.3 Å². The first-order valence-electron chi connectivity index (χ1n) is 9.66. The van der Waals surface area contributed by atoms with Gasteiger partial charge in [-0.05, 0) is 24.3 Å². The van der Waals surface area contributed by atoms with Crippen LogP contribution >= 0.6 is 34.9 Å². The molecule has 1 aromatic heterocycles. The molecule has 0 aliphatic heterocycles. The Morgan fingerprint density at radius 2 is 1.15 bits per heavy atom. The maximum Gasteiger partial charge on any atom is 0.238 e. The second-order valence-corrected chi connectivity index (χ2v) is 9.78. The highest BCUT2D eigenvalue weighted by atomic mass is 32.2. The summed E-state index contributed by atoms with van der Waals surface area (Å²) < 4.78 is 1.19. The Bertz CT molecular complexity index is 1070. The van der Waals surface area contributed by atoms with Gasteiger partial charge in [0.05, 0.1) is 23.6 Å². The summed E-state index contributed by atoms with van der Waals surface area (Å²) in [6.07, 6.45) is 0. The molecule has 2 amide bonds. The molecule has 0 aliphatic rings. The van der Waals surface area contributed by atoms with E-state index in [1.807, 2.05) is 48.5 Å². The summed E-state index contributed by atoms with van der Waals surface area (Å²) in [4.78, 5) is 28.1. The summed E-state index contributed by atoms with van der Waals surface area (Å²) in [6, 6.07) is 22.1. The third-order valence-corrected chi connectivity index (χ3v) is 7.38. The van der Waals surface area contributed by atoms with Crippen LogP contribution in [0.15, 0.2) is 69.3 Å². The van der Waals surface area contributed by atoms with Gasteiger partial charge < -0.3 is 0 Å². The molecule has 0 spiro atoms. The smallest absolute Gasteiger partial charge is 0.238 e. The fourth-order valence-electron chi connectivity index (χ4n) is 2.72. The van der Waals surface area contributed by atoms with Crippen molar-refractivity contribution < 1.29 is 9.59 Å². The van der Waals surface area contributed by atoms with E-state index in [4.69, 9.17) is 10.5 Å². The molecule has 0 fully saturated rings. The third-order valence-electron chi connectivity index (χ3n) is 4.22. The molecule has 0 N–H and O–H groups in total. The molecule has 166 valence electrons. The van der Waals surface area contributed by atoms with Gasteiger partial charge in [-0.15, -0.1) is 10.2 Å². The van der Waals surface area contributed by atoms with Crippen LogP contribution in [0.4, 0.5) is 11.4 Å². The van der Waals surface area contributed by atoms with Gasteiger partial charge in [0.15, 0.2) is 8.68 Å². The maximum atomic E-state index is 12.6. The number of carbonyl (C=O) groups excluding carboxylic acids is 2. The topological polar surface area (TPSA) is 114 Å². The van der Waals surface area contributed by atoms with Gasteiger partial charge in [-0.25, -0.2) is 0 Å². The van der Waals surface area contributed by atoms with Crippen molar-refractivity contribution >= 4 is 58.0 Å². The van der Waals surface area contributed by atoms with Crippen molar-refractivity contribution in [2.24, 2.45) is 0 Å². The fraction of sp³-hybridized carbons (Fsp3) is 0.182. The number of carbonyl (C=O) groups is 2. The van der Waals surface area contributed by atoms with Gasteiger partial charge in [0, 0.05) is 11.4 Å². The zero-order valence-electron chi connectivity index (χ0n) is 17.3. The van der Waals surface area contributed by atoms with Gasteiger partial charge >= 0.3 is 0 Å². The molecule has 0 bridgehead atoms. The molecule has 0 unspecified atom stereocenters. The number of thioether (sulfide) groups is 2. The Balaban J connectivity index is 1.54. The van der Waals surface area contributed by atoms with Crippen molar-refractivity contribution in [1.29, 1.82) is 10.5 Å². The zero-order valence-corrected chi connectivity index (χ0v) is 19.8.